The van der Waals surface area contributed by atoms with Crippen molar-refractivity contribution in [3.05, 3.63) is 48.0 Å². The first-order chi connectivity index (χ1) is 43.6. The second kappa shape index (κ2) is 37.4. The van der Waals surface area contributed by atoms with Gasteiger partial charge in [-0.25, -0.2) is 4.98 Å². The highest BCUT2D eigenvalue weighted by molar-refractivity contribution is 8.77. The number of carbonyl (C=O) groups excluding carboxylic acids is 13. The number of aromatic nitrogens is 2. The molecule has 92 heavy (non-hydrogen) atoms. The van der Waals surface area contributed by atoms with Crippen molar-refractivity contribution in [1.29, 1.82) is 0 Å². The van der Waals surface area contributed by atoms with Gasteiger partial charge in [0.2, 0.25) is 76.8 Å². The molecule has 2 bridgehead atoms. The van der Waals surface area contributed by atoms with Gasteiger partial charge in [-0.1, -0.05) is 83.0 Å². The first kappa shape index (κ1) is 75.3. The van der Waals surface area contributed by atoms with E-state index in [1.54, 1.807) is 27.7 Å². The van der Waals surface area contributed by atoms with Crippen molar-refractivity contribution in [2.45, 2.75) is 152 Å². The molecule has 1 aromatic carbocycles. The van der Waals surface area contributed by atoms with Crippen LogP contribution in [0.1, 0.15) is 78.0 Å². The molecule has 36 heteroatoms. The number of nitrogens with two attached hydrogens (primary N) is 3. The number of aromatic amines is 1. The number of imidazole rings is 1. The molecule has 3 aliphatic heterocycles. The summed E-state index contributed by atoms with van der Waals surface area (Å²) in [5.41, 5.74) is 18.0. The average molecular weight is 1360 g/mol. The molecule has 0 radical (unpaired) electrons. The minimum absolute atomic E-state index is 0.00759. The maximum atomic E-state index is 14.9. The van der Waals surface area contributed by atoms with Gasteiger partial charge >= 0.3 is 0 Å². The molecule has 1 aromatic heterocycles. The van der Waals surface area contributed by atoms with Crippen molar-refractivity contribution in [3.63, 3.8) is 0 Å². The lowest BCUT2D eigenvalue weighted by atomic mass is 10.0. The Morgan fingerprint density at radius 1 is 0.707 bits per heavy atom. The number of phenols is 1. The van der Waals surface area contributed by atoms with E-state index in [-0.39, 0.29) is 73.3 Å². The molecule has 3 fully saturated rings. The maximum absolute atomic E-state index is 14.9. The third-order valence-corrected chi connectivity index (χ3v) is 19.4. The van der Waals surface area contributed by atoms with Crippen molar-refractivity contribution in [2.24, 2.45) is 29.0 Å². The fourth-order valence-electron chi connectivity index (χ4n) is 9.59. The zero-order chi connectivity index (χ0) is 67.8. The van der Waals surface area contributed by atoms with E-state index >= 15 is 0 Å². The Bertz CT molecular complexity index is 2910. The molecule has 5 rings (SSSR count). The SMILES string of the molecule is CC(C)C[C@@H]1NC(=O)[C@H](CCCCN)NC(=O)[C@H](Cc2ccc(O)cc2)NC(=O)CNC(=O)[C@@H]2CSSC[C@H](NC1=O)C(=O)N[C@@H](Cc1cnc[nH]1)C(=O)N1C[C@H](O)C[C@H]1C(=O)N[C@H](C(N)=O)CSSC[C@H](NC(=O)[C@@H](NC(=O)CNC(=O)[C@H](C)N)C(C)C)C(=O)N2. The van der Waals surface area contributed by atoms with Crippen molar-refractivity contribution in [3.8, 4) is 5.75 Å². The molecule has 32 nitrogen and oxygen atoms in total. The number of carbonyl (C=O) groups is 13. The highest BCUT2D eigenvalue weighted by atomic mass is 33.1. The minimum Gasteiger partial charge on any atom is -0.508 e. The summed E-state index contributed by atoms with van der Waals surface area (Å²) < 4.78 is 0. The topological polar surface area (TPSA) is 505 Å². The summed E-state index contributed by atoms with van der Waals surface area (Å²) in [5.74, 6) is -13.8. The Labute approximate surface area is 547 Å². The van der Waals surface area contributed by atoms with E-state index in [9.17, 15) is 72.5 Å². The predicted molar refractivity (Wildman–Crippen MR) is 343 cm³/mol. The molecule has 12 atom stereocenters. The van der Waals surface area contributed by atoms with Gasteiger partial charge in [0.15, 0.2) is 0 Å². The van der Waals surface area contributed by atoms with Crippen LogP contribution >= 0.6 is 43.2 Å². The number of benzene rings is 1. The normalized spacial score (nSPS) is 25.6. The van der Waals surface area contributed by atoms with Gasteiger partial charge in [-0.05, 0) is 68.7 Å². The van der Waals surface area contributed by atoms with Gasteiger partial charge < -0.3 is 95.8 Å². The number of nitrogens with one attached hydrogen (secondary N) is 12. The molecular weight excluding hydrogens is 1280 g/mol. The number of aliphatic hydroxyl groups is 1. The fourth-order valence-corrected chi connectivity index (χ4v) is 14.3. The molecule has 4 heterocycles. The highest BCUT2D eigenvalue weighted by Gasteiger charge is 2.44. The van der Waals surface area contributed by atoms with Gasteiger partial charge in [0.1, 0.15) is 66.2 Å². The zero-order valence-electron chi connectivity index (χ0n) is 51.6. The number of amides is 13. The fraction of sp³-hybridized carbons (Fsp3) is 0.607. The number of phenolic OH excluding ortho intramolecular Hbond substituents is 1. The average Bonchev–Trinajstić information content (AvgIpc) is 1.97. The predicted octanol–water partition coefficient (Wildman–Crippen LogP) is -5.09. The summed E-state index contributed by atoms with van der Waals surface area (Å²) in [7, 11) is 3.69. The third-order valence-electron chi connectivity index (χ3n) is 14.6. The van der Waals surface area contributed by atoms with Crippen LogP contribution in [0.25, 0.3) is 0 Å². The van der Waals surface area contributed by atoms with Gasteiger partial charge in [0, 0.05) is 60.7 Å². The van der Waals surface area contributed by atoms with Crippen LogP contribution in [0.4, 0.5) is 0 Å². The largest absolute Gasteiger partial charge is 0.508 e. The Morgan fingerprint density at radius 3 is 1.96 bits per heavy atom. The molecule has 20 N–H and O–H groups in total. The molecule has 0 saturated carbocycles. The smallest absolute Gasteiger partial charge is 0.246 e. The van der Waals surface area contributed by atoms with Crippen LogP contribution in [0.5, 0.6) is 5.75 Å². The molecule has 0 aliphatic carbocycles. The van der Waals surface area contributed by atoms with Gasteiger partial charge in [0.25, 0.3) is 0 Å². The van der Waals surface area contributed by atoms with E-state index < -0.39 is 175 Å². The monoisotopic (exact) mass is 1360 g/mol. The lowest BCUT2D eigenvalue weighted by Gasteiger charge is -2.31. The number of rotatable bonds is 18. The van der Waals surface area contributed by atoms with Crippen molar-refractivity contribution in [2.75, 3.05) is 49.2 Å². The molecular formula is C56H85N17O15S4. The van der Waals surface area contributed by atoms with E-state index in [0.717, 1.165) is 48.1 Å². The number of fused-ring (bicyclic) bond motifs is 6. The van der Waals surface area contributed by atoms with E-state index in [0.29, 0.717) is 24.1 Å². The number of nitrogens with zero attached hydrogens (tertiary/aromatic N) is 2. The summed E-state index contributed by atoms with van der Waals surface area (Å²) in [6.07, 6.45) is 1.44. The van der Waals surface area contributed by atoms with Gasteiger partial charge in [-0.3, -0.25) is 62.3 Å². The lowest BCUT2D eigenvalue weighted by molar-refractivity contribution is -0.142. The van der Waals surface area contributed by atoms with Crippen LogP contribution in [0, 0.1) is 11.8 Å². The van der Waals surface area contributed by atoms with Crippen LogP contribution < -0.4 is 75.7 Å². The van der Waals surface area contributed by atoms with Crippen LogP contribution in [0.3, 0.4) is 0 Å². The number of primary amides is 1. The van der Waals surface area contributed by atoms with Gasteiger partial charge in [0.05, 0.1) is 31.6 Å². The second-order valence-electron chi connectivity index (χ2n) is 23.1. The van der Waals surface area contributed by atoms with Crippen LogP contribution in [-0.4, -0.2) is 224 Å². The number of H-pyrrole nitrogens is 1. The first-order valence-electron chi connectivity index (χ1n) is 29.9. The van der Waals surface area contributed by atoms with Gasteiger partial charge in [-0.15, -0.1) is 0 Å². The Kier molecular flexibility index (Phi) is 30.6. The summed E-state index contributed by atoms with van der Waals surface area (Å²) in [5, 5.41) is 49.7. The Balaban J connectivity index is 1.63. The summed E-state index contributed by atoms with van der Waals surface area (Å²) in [4.78, 5) is 191. The van der Waals surface area contributed by atoms with Crippen molar-refractivity contribution in [1.82, 2.24) is 73.4 Å². The second-order valence-corrected chi connectivity index (χ2v) is 28.2. The van der Waals surface area contributed by atoms with E-state index in [1.807, 2.05) is 0 Å². The summed E-state index contributed by atoms with van der Waals surface area (Å²) in [6, 6.07) is -9.82. The zero-order valence-corrected chi connectivity index (χ0v) is 54.9. The number of hydrogen-bond donors (Lipinski definition) is 17. The third kappa shape index (κ3) is 24.3. The molecule has 3 aliphatic rings. The van der Waals surface area contributed by atoms with Crippen molar-refractivity contribution >= 4 is 120 Å². The Hall–Kier alpha value is -7.38. The van der Waals surface area contributed by atoms with Gasteiger partial charge in [-0.2, -0.15) is 0 Å². The summed E-state index contributed by atoms with van der Waals surface area (Å²) >= 11 is 0. The van der Waals surface area contributed by atoms with Crippen LogP contribution in [0.15, 0.2) is 36.8 Å². The standard InChI is InChI=1S/C56H85N17O15S4/c1-27(2)14-35-50(82)70-40-24-92-90-23-39(48(80)62-19-43(76)64-36(15-30-9-11-32(74)12-10-30)51(83)65-34(49(81)66-35)8-6-7-13-57)69-53(85)41(71-55(87)45(28(3)4)72-44(77)20-61-47(79)29(5)58)25-91-89-22-38(46(59)78)68-54(86)42-17-33(75)21-73(42)56(88)37(67-52(40)84)16-31-18-60-26-63-31/h9-12,18,26-29,33-42,45,74-75H,6-8,13-17,19-25,57-58H2,1-5H3,(H2,59,78)(H,60,63)(H,61,79)(H,62,80)(H,64,76)(H,65,83)(H,66,81)(H,67,84)(H,68,86)(H,69,85)(H,70,82)(H,71,87)(H,72,77)/t29-,33+,34-,35-,36-,37-,38-,39-,40-,41-,42-,45-/m0/s1. The molecule has 0 spiro atoms. The number of aromatic hydroxyl groups is 1. The molecule has 508 valence electrons. The lowest BCUT2D eigenvalue weighted by Crippen LogP contribution is -2.61. The van der Waals surface area contributed by atoms with Crippen LogP contribution in [0.2, 0.25) is 0 Å². The molecule has 13 amide bonds. The number of aliphatic hydroxyl groups excluding tert-OH is 1. The van der Waals surface area contributed by atoms with Crippen molar-refractivity contribution < 1.29 is 72.5 Å². The number of unbranched alkanes of at least 4 members (excludes halogenated alkanes) is 1. The maximum Gasteiger partial charge on any atom is 0.246 e. The quantitative estimate of drug-likeness (QED) is 0.0490. The molecule has 0 unspecified atom stereocenters. The van der Waals surface area contributed by atoms with Crippen LogP contribution in [-0.2, 0) is 75.2 Å². The first-order valence-corrected chi connectivity index (χ1v) is 34.9. The highest BCUT2D eigenvalue weighted by Crippen LogP contribution is 2.27. The molecule has 2 aromatic rings. The number of hydrogen-bond acceptors (Lipinski definition) is 22. The van der Waals surface area contributed by atoms with E-state index in [4.69, 9.17) is 17.2 Å². The van der Waals surface area contributed by atoms with E-state index in [2.05, 4.69) is 68.5 Å². The summed E-state index contributed by atoms with van der Waals surface area (Å²) in [6.45, 7) is 6.62. The molecule has 3 saturated heterocycles. The minimum atomic E-state index is -1.59. The Morgan fingerprint density at radius 2 is 1.33 bits per heavy atom. The van der Waals surface area contributed by atoms with E-state index in [1.165, 1.54) is 43.7 Å².